The van der Waals surface area contributed by atoms with Gasteiger partial charge in [-0.25, -0.2) is 0 Å². The third-order valence-electron chi connectivity index (χ3n) is 7.19. The molecule has 3 aromatic carbocycles. The van der Waals surface area contributed by atoms with Gasteiger partial charge in [0.15, 0.2) is 0 Å². The molecule has 2 N–H and O–H groups in total. The van der Waals surface area contributed by atoms with Crippen molar-refractivity contribution in [3.05, 3.63) is 105 Å². The molecule has 0 saturated carbocycles. The zero-order chi connectivity index (χ0) is 27.2. The van der Waals surface area contributed by atoms with Gasteiger partial charge in [-0.05, 0) is 45.9 Å². The van der Waals surface area contributed by atoms with Crippen molar-refractivity contribution >= 4 is 57.6 Å². The van der Waals surface area contributed by atoms with Gasteiger partial charge >= 0.3 is 0 Å². The van der Waals surface area contributed by atoms with Crippen LogP contribution in [-0.4, -0.2) is 35.7 Å². The number of halogens is 3. The Morgan fingerprint density at radius 1 is 0.676 bits per heavy atom. The lowest BCUT2D eigenvalue weighted by atomic mass is 9.78. The topological polar surface area (TPSA) is 58.2 Å². The normalized spacial score (nSPS) is 13.5. The van der Waals surface area contributed by atoms with Gasteiger partial charge in [0.25, 0.3) is 11.8 Å². The van der Waals surface area contributed by atoms with Crippen molar-refractivity contribution in [2.75, 3.05) is 11.8 Å². The van der Waals surface area contributed by atoms with E-state index in [9.17, 15) is 9.59 Å². The maximum Gasteiger partial charge on any atom is 0.252 e. The van der Waals surface area contributed by atoms with Gasteiger partial charge in [-0.3, -0.25) is 9.59 Å². The van der Waals surface area contributed by atoms with Crippen molar-refractivity contribution in [2.45, 2.75) is 50.6 Å². The van der Waals surface area contributed by atoms with Crippen molar-refractivity contribution in [3.63, 3.8) is 0 Å². The molecule has 0 aliphatic heterocycles. The molecule has 7 heteroatoms. The molecular weight excluding hydrogens is 618 g/mol. The summed E-state index contributed by atoms with van der Waals surface area (Å²) in [6.45, 7) is 8.24. The highest BCUT2D eigenvalue weighted by Gasteiger charge is 2.34. The maximum atomic E-state index is 13.4. The fraction of sp³-hybridized carbons (Fsp3) is 0.333. The average molecular weight is 651 g/mol. The van der Waals surface area contributed by atoms with Gasteiger partial charge in [-0.15, -0.1) is 23.2 Å². The van der Waals surface area contributed by atoms with Crippen LogP contribution in [0.2, 0.25) is 0 Å². The van der Waals surface area contributed by atoms with Crippen LogP contribution in [0.5, 0.6) is 0 Å². The van der Waals surface area contributed by atoms with Crippen molar-refractivity contribution in [2.24, 2.45) is 0 Å². The second-order valence-corrected chi connectivity index (χ2v) is 11.9. The molecule has 0 aliphatic rings. The SMILES string of the molecule is CC(C)(c1ccccc1)[C@@H](CCl)NC(=O)c1cccc(C(=O)N[C@H](CCl)C(C)(C)c2ccccc2)c1I. The fourth-order valence-corrected chi connectivity index (χ4v) is 6.09. The number of rotatable bonds is 10. The highest BCUT2D eigenvalue weighted by atomic mass is 127. The smallest absolute Gasteiger partial charge is 0.252 e. The minimum Gasteiger partial charge on any atom is -0.347 e. The molecule has 2 atom stereocenters. The number of alkyl halides is 2. The van der Waals surface area contributed by atoms with Gasteiger partial charge in [0, 0.05) is 26.2 Å². The first-order valence-electron chi connectivity index (χ1n) is 12.2. The molecule has 0 aliphatic carbocycles. The second kappa shape index (κ2) is 12.6. The van der Waals surface area contributed by atoms with Crippen molar-refractivity contribution < 1.29 is 9.59 Å². The van der Waals surface area contributed by atoms with Gasteiger partial charge in [0.1, 0.15) is 0 Å². The Hall–Kier alpha value is -2.09. The molecule has 0 aromatic heterocycles. The Kier molecular flexibility index (Phi) is 10.1. The number of hydrogen-bond acceptors (Lipinski definition) is 2. The van der Waals surface area contributed by atoms with Crippen LogP contribution in [0.15, 0.2) is 78.9 Å². The van der Waals surface area contributed by atoms with E-state index in [2.05, 4.69) is 60.9 Å². The average Bonchev–Trinajstić information content (AvgIpc) is 2.90. The highest BCUT2D eigenvalue weighted by Crippen LogP contribution is 2.30. The Morgan fingerprint density at radius 2 is 1.03 bits per heavy atom. The molecule has 0 spiro atoms. The van der Waals surface area contributed by atoms with Gasteiger partial charge < -0.3 is 10.6 Å². The summed E-state index contributed by atoms with van der Waals surface area (Å²) in [7, 11) is 0. The number of carbonyl (C=O) groups excluding carboxylic acids is 2. The van der Waals surface area contributed by atoms with Crippen LogP contribution in [0.4, 0.5) is 0 Å². The Morgan fingerprint density at radius 3 is 1.35 bits per heavy atom. The van der Waals surface area contributed by atoms with E-state index in [1.165, 1.54) is 0 Å². The summed E-state index contributed by atoms with van der Waals surface area (Å²) in [6, 6.07) is 24.5. The highest BCUT2D eigenvalue weighted by molar-refractivity contribution is 14.1. The molecular formula is C30H33Cl2IN2O2. The van der Waals surface area contributed by atoms with Crippen LogP contribution < -0.4 is 10.6 Å². The summed E-state index contributed by atoms with van der Waals surface area (Å²) in [6.07, 6.45) is 0. The molecule has 4 nitrogen and oxygen atoms in total. The quantitative estimate of drug-likeness (QED) is 0.185. The summed E-state index contributed by atoms with van der Waals surface area (Å²) >= 11 is 14.7. The first-order chi connectivity index (χ1) is 17.5. The third kappa shape index (κ3) is 6.68. The fourth-order valence-electron chi connectivity index (χ4n) is 4.32. The lowest BCUT2D eigenvalue weighted by molar-refractivity contribution is 0.0923. The van der Waals surface area contributed by atoms with E-state index in [-0.39, 0.29) is 35.7 Å². The Balaban J connectivity index is 1.82. The molecule has 3 rings (SSSR count). The lowest BCUT2D eigenvalue weighted by Crippen LogP contribution is -2.49. The minimum absolute atomic E-state index is 0.246. The zero-order valence-corrected chi connectivity index (χ0v) is 25.2. The van der Waals surface area contributed by atoms with Crippen molar-refractivity contribution in [3.8, 4) is 0 Å². The number of carbonyl (C=O) groups is 2. The number of nitrogens with one attached hydrogen (secondary N) is 2. The van der Waals surface area contributed by atoms with E-state index in [1.807, 2.05) is 60.7 Å². The predicted octanol–water partition coefficient (Wildman–Crippen LogP) is 6.92. The molecule has 196 valence electrons. The van der Waals surface area contributed by atoms with E-state index >= 15 is 0 Å². The van der Waals surface area contributed by atoms with Crippen LogP contribution in [0.1, 0.15) is 59.5 Å². The number of benzene rings is 3. The Bertz CT molecular complexity index is 1130. The minimum atomic E-state index is -0.393. The van der Waals surface area contributed by atoms with Crippen molar-refractivity contribution in [1.82, 2.24) is 10.6 Å². The van der Waals surface area contributed by atoms with E-state index in [4.69, 9.17) is 23.2 Å². The van der Waals surface area contributed by atoms with E-state index in [0.29, 0.717) is 14.7 Å². The van der Waals surface area contributed by atoms with Crippen LogP contribution in [0.3, 0.4) is 0 Å². The van der Waals surface area contributed by atoms with Gasteiger partial charge in [-0.1, -0.05) is 94.4 Å². The summed E-state index contributed by atoms with van der Waals surface area (Å²) in [4.78, 5) is 26.8. The number of hydrogen-bond donors (Lipinski definition) is 2. The number of amides is 2. The van der Waals surface area contributed by atoms with E-state index < -0.39 is 10.8 Å². The first kappa shape index (κ1) is 29.5. The standard InChI is InChI=1S/C30H33Cl2IN2O2/c1-29(2,20-12-7-5-8-13-20)24(18-31)34-27(36)22-16-11-17-23(26(22)33)28(37)35-25(19-32)30(3,4)21-14-9-6-10-15-21/h5-17,24-25H,18-19H2,1-4H3,(H,34,36)(H,35,37)/t24-,25-/m1/s1. The molecule has 0 unspecified atom stereocenters. The maximum absolute atomic E-state index is 13.4. The summed E-state index contributed by atoms with van der Waals surface area (Å²) < 4.78 is 0.576. The summed E-state index contributed by atoms with van der Waals surface area (Å²) in [5.74, 6) is -0.0494. The largest absolute Gasteiger partial charge is 0.347 e. The van der Waals surface area contributed by atoms with Gasteiger partial charge in [-0.2, -0.15) is 0 Å². The molecule has 0 fully saturated rings. The molecule has 0 heterocycles. The van der Waals surface area contributed by atoms with Gasteiger partial charge in [0.05, 0.1) is 23.2 Å². The lowest BCUT2D eigenvalue weighted by Gasteiger charge is -2.35. The second-order valence-electron chi connectivity index (χ2n) is 10.2. The molecule has 3 aromatic rings. The monoisotopic (exact) mass is 650 g/mol. The van der Waals surface area contributed by atoms with Gasteiger partial charge in [0.2, 0.25) is 0 Å². The van der Waals surface area contributed by atoms with E-state index in [1.54, 1.807) is 18.2 Å². The first-order valence-corrected chi connectivity index (χ1v) is 14.3. The predicted molar refractivity (Wildman–Crippen MR) is 162 cm³/mol. The van der Waals surface area contributed by atoms with Crippen molar-refractivity contribution in [1.29, 1.82) is 0 Å². The molecule has 2 amide bonds. The van der Waals surface area contributed by atoms with Crippen LogP contribution in [0.25, 0.3) is 0 Å². The molecule has 37 heavy (non-hydrogen) atoms. The van der Waals surface area contributed by atoms with E-state index in [0.717, 1.165) is 11.1 Å². The molecule has 0 saturated heterocycles. The van der Waals surface area contributed by atoms with Crippen LogP contribution >= 0.6 is 45.8 Å². The zero-order valence-electron chi connectivity index (χ0n) is 21.5. The Labute approximate surface area is 243 Å². The van der Waals surface area contributed by atoms with Crippen LogP contribution in [-0.2, 0) is 10.8 Å². The molecule has 0 bridgehead atoms. The van der Waals surface area contributed by atoms with Crippen LogP contribution in [0, 0.1) is 3.57 Å². The third-order valence-corrected chi connectivity index (χ3v) is 8.96. The summed E-state index contributed by atoms with van der Waals surface area (Å²) in [5, 5.41) is 6.20. The molecule has 0 radical (unpaired) electrons. The summed E-state index contributed by atoms with van der Waals surface area (Å²) in [5.41, 5.74) is 2.23.